The average Bonchev–Trinajstić information content (AvgIpc) is 2.62. The third kappa shape index (κ3) is 4.52. The van der Waals surface area contributed by atoms with Crippen molar-refractivity contribution in [1.82, 2.24) is 4.31 Å². The number of benzene rings is 2. The van der Waals surface area contributed by atoms with Crippen molar-refractivity contribution in [2.75, 3.05) is 20.8 Å². The van der Waals surface area contributed by atoms with E-state index in [9.17, 15) is 22.9 Å². The molecule has 0 atom stereocenters. The van der Waals surface area contributed by atoms with Gasteiger partial charge in [0.1, 0.15) is 0 Å². The van der Waals surface area contributed by atoms with Crippen molar-refractivity contribution in [1.29, 1.82) is 0 Å². The Morgan fingerprint density at radius 3 is 2.48 bits per heavy atom. The van der Waals surface area contributed by atoms with Crippen LogP contribution in [0.5, 0.6) is 11.5 Å². The van der Waals surface area contributed by atoms with Crippen LogP contribution in [0.2, 0.25) is 0 Å². The smallest absolute Gasteiger partial charge is 0.306 e. The molecule has 0 aliphatic heterocycles. The van der Waals surface area contributed by atoms with Gasteiger partial charge in [-0.3, -0.25) is 10.1 Å². The van der Waals surface area contributed by atoms with Gasteiger partial charge in [-0.15, -0.1) is 0 Å². The Morgan fingerprint density at radius 1 is 1.19 bits per heavy atom. The standard InChI is InChI=1S/C17H19FN2O6S/c1-4-26-16-8-5-12(9-17(16)25-3)11-19(2)27(23,24)13-6-7-14(18)15(10-13)20(21)22/h5-10H,4,11H2,1-3H3. The van der Waals surface area contributed by atoms with Crippen LogP contribution in [0.1, 0.15) is 12.5 Å². The minimum atomic E-state index is -4.06. The molecule has 0 unspecified atom stereocenters. The Labute approximate surface area is 156 Å². The Kier molecular flexibility index (Phi) is 6.34. The molecule has 0 aromatic heterocycles. The second-order valence-electron chi connectivity index (χ2n) is 5.55. The highest BCUT2D eigenvalue weighted by molar-refractivity contribution is 7.89. The van der Waals surface area contributed by atoms with E-state index < -0.39 is 26.5 Å². The van der Waals surface area contributed by atoms with Crippen LogP contribution < -0.4 is 9.47 Å². The summed E-state index contributed by atoms with van der Waals surface area (Å²) in [5, 5.41) is 10.8. The predicted octanol–water partition coefficient (Wildman–Crippen LogP) is 2.96. The van der Waals surface area contributed by atoms with Gasteiger partial charge in [-0.1, -0.05) is 6.07 Å². The summed E-state index contributed by atoms with van der Waals surface area (Å²) in [6, 6.07) is 7.46. The molecule has 2 aromatic rings. The molecule has 0 heterocycles. The number of rotatable bonds is 8. The third-order valence-electron chi connectivity index (χ3n) is 3.76. The van der Waals surface area contributed by atoms with Gasteiger partial charge in [0.05, 0.1) is 23.5 Å². The molecule has 8 nitrogen and oxygen atoms in total. The normalized spacial score (nSPS) is 11.4. The lowest BCUT2D eigenvalue weighted by Crippen LogP contribution is -2.26. The zero-order chi connectivity index (χ0) is 20.2. The van der Waals surface area contributed by atoms with Crippen molar-refractivity contribution >= 4 is 15.7 Å². The molecule has 0 radical (unpaired) electrons. The van der Waals surface area contributed by atoms with Gasteiger partial charge in [0.25, 0.3) is 0 Å². The minimum Gasteiger partial charge on any atom is -0.493 e. The lowest BCUT2D eigenvalue weighted by Gasteiger charge is -2.18. The van der Waals surface area contributed by atoms with E-state index in [-0.39, 0.29) is 11.4 Å². The van der Waals surface area contributed by atoms with E-state index in [4.69, 9.17) is 9.47 Å². The monoisotopic (exact) mass is 398 g/mol. The van der Waals surface area contributed by atoms with Crippen LogP contribution in [0.15, 0.2) is 41.3 Å². The lowest BCUT2D eigenvalue weighted by molar-refractivity contribution is -0.387. The van der Waals surface area contributed by atoms with Crippen LogP contribution in [0, 0.1) is 15.9 Å². The number of nitrogens with zero attached hydrogens (tertiary/aromatic N) is 2. The number of halogens is 1. The van der Waals surface area contributed by atoms with Gasteiger partial charge in [-0.2, -0.15) is 8.70 Å². The average molecular weight is 398 g/mol. The van der Waals surface area contributed by atoms with Crippen LogP contribution in [-0.4, -0.2) is 38.4 Å². The lowest BCUT2D eigenvalue weighted by atomic mass is 10.2. The summed E-state index contributed by atoms with van der Waals surface area (Å²) in [6.07, 6.45) is 0. The number of hydrogen-bond donors (Lipinski definition) is 0. The molecular weight excluding hydrogens is 379 g/mol. The summed E-state index contributed by atoms with van der Waals surface area (Å²) in [7, 11) is -1.26. The molecule has 2 rings (SSSR count). The second kappa shape index (κ2) is 8.31. The Hall–Kier alpha value is -2.72. The fourth-order valence-corrected chi connectivity index (χ4v) is 3.58. The molecule has 0 aliphatic rings. The van der Waals surface area contributed by atoms with Crippen molar-refractivity contribution in [3.8, 4) is 11.5 Å². The van der Waals surface area contributed by atoms with E-state index in [1.165, 1.54) is 14.2 Å². The molecule has 0 amide bonds. The van der Waals surface area contributed by atoms with Gasteiger partial charge in [-0.05, 0) is 36.8 Å². The molecule has 2 aromatic carbocycles. The Balaban J connectivity index is 2.30. The summed E-state index contributed by atoms with van der Waals surface area (Å²) in [6.45, 7) is 2.26. The van der Waals surface area contributed by atoms with Crippen molar-refractivity contribution in [2.24, 2.45) is 0 Å². The highest BCUT2D eigenvalue weighted by Gasteiger charge is 2.25. The molecule has 0 aliphatic carbocycles. The highest BCUT2D eigenvalue weighted by Crippen LogP contribution is 2.29. The summed E-state index contributed by atoms with van der Waals surface area (Å²) in [5.74, 6) is -0.112. The summed E-state index contributed by atoms with van der Waals surface area (Å²) < 4.78 is 50.5. The fourth-order valence-electron chi connectivity index (χ4n) is 2.40. The maximum Gasteiger partial charge on any atom is 0.306 e. The molecule has 146 valence electrons. The summed E-state index contributed by atoms with van der Waals surface area (Å²) in [5.41, 5.74) is -0.273. The van der Waals surface area contributed by atoms with Crippen LogP contribution in [0.3, 0.4) is 0 Å². The van der Waals surface area contributed by atoms with Crippen molar-refractivity contribution in [3.63, 3.8) is 0 Å². The Morgan fingerprint density at radius 2 is 1.89 bits per heavy atom. The zero-order valence-electron chi connectivity index (χ0n) is 15.0. The molecule has 0 spiro atoms. The van der Waals surface area contributed by atoms with Crippen molar-refractivity contribution in [3.05, 3.63) is 57.9 Å². The van der Waals surface area contributed by atoms with Crippen LogP contribution >= 0.6 is 0 Å². The van der Waals surface area contributed by atoms with Crippen LogP contribution in [0.25, 0.3) is 0 Å². The highest BCUT2D eigenvalue weighted by atomic mass is 32.2. The van der Waals surface area contributed by atoms with Crippen molar-refractivity contribution in [2.45, 2.75) is 18.4 Å². The molecule has 10 heteroatoms. The first-order valence-electron chi connectivity index (χ1n) is 7.90. The molecule has 0 saturated heterocycles. The summed E-state index contributed by atoms with van der Waals surface area (Å²) in [4.78, 5) is 9.52. The van der Waals surface area contributed by atoms with Crippen molar-refractivity contribution < 1.29 is 27.2 Å². The topological polar surface area (TPSA) is 99.0 Å². The Bertz CT molecular complexity index is 948. The third-order valence-corrected chi connectivity index (χ3v) is 5.55. The quantitative estimate of drug-likeness (QED) is 0.501. The first kappa shape index (κ1) is 20.6. The van der Waals surface area contributed by atoms with E-state index in [1.54, 1.807) is 18.2 Å². The molecule has 0 saturated carbocycles. The zero-order valence-corrected chi connectivity index (χ0v) is 15.8. The second-order valence-corrected chi connectivity index (χ2v) is 7.59. The van der Waals surface area contributed by atoms with Crippen LogP contribution in [-0.2, 0) is 16.6 Å². The number of nitro groups is 1. The van der Waals surface area contributed by atoms with Gasteiger partial charge < -0.3 is 9.47 Å². The van der Waals surface area contributed by atoms with Gasteiger partial charge in [0.2, 0.25) is 15.8 Å². The van der Waals surface area contributed by atoms with Crippen LogP contribution in [0.4, 0.5) is 10.1 Å². The van der Waals surface area contributed by atoms with E-state index in [2.05, 4.69) is 0 Å². The minimum absolute atomic E-state index is 0.0176. The fraction of sp³-hybridized carbons (Fsp3) is 0.294. The number of methoxy groups -OCH3 is 1. The number of hydrogen-bond acceptors (Lipinski definition) is 6. The maximum atomic E-state index is 13.5. The molecule has 27 heavy (non-hydrogen) atoms. The first-order chi connectivity index (χ1) is 12.7. The molecule has 0 N–H and O–H groups in total. The number of nitro benzene ring substituents is 1. The molecule has 0 fully saturated rings. The van der Waals surface area contributed by atoms with E-state index in [0.29, 0.717) is 29.7 Å². The molecule has 0 bridgehead atoms. The predicted molar refractivity (Wildman–Crippen MR) is 95.9 cm³/mol. The van der Waals surface area contributed by atoms with Gasteiger partial charge in [-0.25, -0.2) is 8.42 Å². The number of ether oxygens (including phenoxy) is 2. The molecular formula is C17H19FN2O6S. The largest absolute Gasteiger partial charge is 0.493 e. The van der Waals surface area contributed by atoms with Gasteiger partial charge >= 0.3 is 5.69 Å². The van der Waals surface area contributed by atoms with E-state index in [1.807, 2.05) is 6.92 Å². The van der Waals surface area contributed by atoms with E-state index >= 15 is 0 Å². The maximum absolute atomic E-state index is 13.5. The first-order valence-corrected chi connectivity index (χ1v) is 9.34. The summed E-state index contributed by atoms with van der Waals surface area (Å²) >= 11 is 0. The van der Waals surface area contributed by atoms with E-state index in [0.717, 1.165) is 16.4 Å². The SMILES string of the molecule is CCOc1ccc(CN(C)S(=O)(=O)c2ccc(F)c([N+](=O)[O-])c2)cc1OC. The van der Waals surface area contributed by atoms with Gasteiger partial charge in [0, 0.05) is 19.7 Å². The van der Waals surface area contributed by atoms with Gasteiger partial charge in [0.15, 0.2) is 11.5 Å². The number of sulfonamides is 1.